The van der Waals surface area contributed by atoms with Crippen LogP contribution in [0.25, 0.3) is 0 Å². The van der Waals surface area contributed by atoms with Gasteiger partial charge in [-0.2, -0.15) is 0 Å². The number of ether oxygens (including phenoxy) is 1. The lowest BCUT2D eigenvalue weighted by Crippen LogP contribution is -2.47. The van der Waals surface area contributed by atoms with Crippen molar-refractivity contribution in [2.24, 2.45) is 0 Å². The second kappa shape index (κ2) is 6.58. The number of β-amino-alcohol motifs (C(OH)–C–C–N with tert-alkyl or cyclic N) is 1. The molecule has 20 heavy (non-hydrogen) atoms. The second-order valence-corrected chi connectivity index (χ2v) is 4.82. The number of hydrogen-bond donors (Lipinski definition) is 2. The molecule has 1 aromatic carbocycles. The monoisotopic (exact) mass is 279 g/mol. The van der Waals surface area contributed by atoms with Gasteiger partial charge in [-0.25, -0.2) is 4.79 Å². The summed E-state index contributed by atoms with van der Waals surface area (Å²) in [6, 6.07) is 5.44. The van der Waals surface area contributed by atoms with Crippen molar-refractivity contribution in [3.63, 3.8) is 0 Å². The average molecular weight is 279 g/mol. The number of hydrogen-bond acceptors (Lipinski definition) is 6. The zero-order valence-electron chi connectivity index (χ0n) is 11.7. The van der Waals surface area contributed by atoms with E-state index in [-0.39, 0.29) is 6.61 Å². The van der Waals surface area contributed by atoms with Crippen molar-refractivity contribution in [3.8, 4) is 0 Å². The first kappa shape index (κ1) is 14.6. The van der Waals surface area contributed by atoms with Gasteiger partial charge >= 0.3 is 5.97 Å². The molecule has 1 aliphatic rings. The van der Waals surface area contributed by atoms with Crippen LogP contribution in [0.5, 0.6) is 0 Å². The molecule has 0 amide bonds. The van der Waals surface area contributed by atoms with Crippen LogP contribution >= 0.6 is 0 Å². The maximum Gasteiger partial charge on any atom is 0.340 e. The second-order valence-electron chi connectivity index (χ2n) is 4.82. The van der Waals surface area contributed by atoms with Crippen molar-refractivity contribution < 1.29 is 14.6 Å². The molecule has 0 aromatic heterocycles. The van der Waals surface area contributed by atoms with Crippen LogP contribution in [0.15, 0.2) is 18.2 Å². The van der Waals surface area contributed by atoms with Crippen LogP contribution in [-0.4, -0.2) is 62.4 Å². The lowest BCUT2D eigenvalue weighted by Gasteiger charge is -2.36. The van der Waals surface area contributed by atoms with Crippen molar-refractivity contribution in [3.05, 3.63) is 23.8 Å². The number of esters is 1. The Morgan fingerprint density at radius 2 is 2.05 bits per heavy atom. The molecule has 3 N–H and O–H groups in total. The molecule has 0 spiro atoms. The number of methoxy groups -OCH3 is 1. The lowest BCUT2D eigenvalue weighted by atomic mass is 10.1. The summed E-state index contributed by atoms with van der Waals surface area (Å²) in [7, 11) is 1.35. The number of rotatable bonds is 4. The van der Waals surface area contributed by atoms with E-state index in [2.05, 4.69) is 9.80 Å². The normalized spacial score (nSPS) is 16.2. The first-order valence-corrected chi connectivity index (χ1v) is 6.71. The van der Waals surface area contributed by atoms with Crippen molar-refractivity contribution in [1.29, 1.82) is 0 Å². The minimum Gasteiger partial charge on any atom is -0.465 e. The van der Waals surface area contributed by atoms with Gasteiger partial charge in [0.25, 0.3) is 0 Å². The molecule has 1 aromatic rings. The van der Waals surface area contributed by atoms with Gasteiger partial charge in [0.2, 0.25) is 0 Å². The van der Waals surface area contributed by atoms with Crippen LogP contribution in [0.1, 0.15) is 10.4 Å². The van der Waals surface area contributed by atoms with E-state index in [0.717, 1.165) is 31.9 Å². The first-order valence-electron chi connectivity index (χ1n) is 6.71. The van der Waals surface area contributed by atoms with E-state index in [4.69, 9.17) is 15.6 Å². The molecule has 110 valence electrons. The predicted octanol–water partition coefficient (Wildman–Crippen LogP) is 0.170. The Morgan fingerprint density at radius 1 is 1.35 bits per heavy atom. The molecule has 0 aliphatic carbocycles. The van der Waals surface area contributed by atoms with Crippen LogP contribution in [0, 0.1) is 0 Å². The zero-order valence-corrected chi connectivity index (χ0v) is 11.7. The van der Waals surface area contributed by atoms with Gasteiger partial charge < -0.3 is 20.5 Å². The number of carbonyl (C=O) groups is 1. The quantitative estimate of drug-likeness (QED) is 0.604. The summed E-state index contributed by atoms with van der Waals surface area (Å²) in [4.78, 5) is 16.1. The predicted molar refractivity (Wildman–Crippen MR) is 77.9 cm³/mol. The summed E-state index contributed by atoms with van der Waals surface area (Å²) in [6.07, 6.45) is 0. The van der Waals surface area contributed by atoms with E-state index >= 15 is 0 Å². The SMILES string of the molecule is COC(=O)c1cc(N2CCN(CCO)CC2)ccc1N. The Labute approximate surface area is 118 Å². The van der Waals surface area contributed by atoms with Crippen LogP contribution in [0.3, 0.4) is 0 Å². The Hall–Kier alpha value is -1.79. The lowest BCUT2D eigenvalue weighted by molar-refractivity contribution is 0.0602. The maximum absolute atomic E-state index is 11.6. The molecule has 0 bridgehead atoms. The summed E-state index contributed by atoms with van der Waals surface area (Å²) >= 11 is 0. The minimum atomic E-state index is -0.414. The van der Waals surface area contributed by atoms with Crippen LogP contribution < -0.4 is 10.6 Å². The molecule has 0 saturated carbocycles. The van der Waals surface area contributed by atoms with Gasteiger partial charge in [-0.15, -0.1) is 0 Å². The summed E-state index contributed by atoms with van der Waals surface area (Å²) < 4.78 is 4.73. The standard InChI is InChI=1S/C14H21N3O3/c1-20-14(19)12-10-11(2-3-13(12)15)17-6-4-16(5-7-17)8-9-18/h2-3,10,18H,4-9,15H2,1H3. The number of aliphatic hydroxyl groups is 1. The van der Waals surface area contributed by atoms with Gasteiger partial charge in [0.05, 0.1) is 19.3 Å². The highest BCUT2D eigenvalue weighted by atomic mass is 16.5. The third-order valence-corrected chi connectivity index (χ3v) is 3.60. The maximum atomic E-state index is 11.6. The van der Waals surface area contributed by atoms with Crippen LogP contribution in [0.4, 0.5) is 11.4 Å². The zero-order chi connectivity index (χ0) is 14.5. The van der Waals surface area contributed by atoms with Gasteiger partial charge in [-0.05, 0) is 18.2 Å². The molecule has 6 nitrogen and oxygen atoms in total. The molecule has 6 heteroatoms. The largest absolute Gasteiger partial charge is 0.465 e. The number of aliphatic hydroxyl groups excluding tert-OH is 1. The Bertz CT molecular complexity index is 471. The average Bonchev–Trinajstić information content (AvgIpc) is 2.48. The number of carbonyl (C=O) groups excluding carboxylic acids is 1. The molecular weight excluding hydrogens is 258 g/mol. The summed E-state index contributed by atoms with van der Waals surface area (Å²) in [6.45, 7) is 4.43. The van der Waals surface area contributed by atoms with Crippen molar-refractivity contribution in [2.45, 2.75) is 0 Å². The van der Waals surface area contributed by atoms with E-state index < -0.39 is 5.97 Å². The van der Waals surface area contributed by atoms with Crippen LogP contribution in [-0.2, 0) is 4.74 Å². The Balaban J connectivity index is 2.08. The smallest absolute Gasteiger partial charge is 0.340 e. The molecule has 2 rings (SSSR count). The molecule has 0 unspecified atom stereocenters. The number of nitrogens with two attached hydrogens (primary N) is 1. The molecule has 0 atom stereocenters. The summed E-state index contributed by atoms with van der Waals surface area (Å²) in [5.74, 6) is -0.414. The number of benzene rings is 1. The van der Waals surface area contributed by atoms with Crippen molar-refractivity contribution in [1.82, 2.24) is 4.90 Å². The summed E-state index contributed by atoms with van der Waals surface area (Å²) in [5.41, 5.74) is 7.61. The highest BCUT2D eigenvalue weighted by Crippen LogP contribution is 2.23. The van der Waals surface area contributed by atoms with Gasteiger partial charge in [0, 0.05) is 44.1 Å². The van der Waals surface area contributed by atoms with E-state index in [0.29, 0.717) is 17.8 Å². The van der Waals surface area contributed by atoms with Gasteiger partial charge in [-0.3, -0.25) is 4.90 Å². The molecule has 1 fully saturated rings. The highest BCUT2D eigenvalue weighted by Gasteiger charge is 2.18. The fourth-order valence-electron chi connectivity index (χ4n) is 2.40. The van der Waals surface area contributed by atoms with Gasteiger partial charge in [0.1, 0.15) is 0 Å². The molecule has 0 radical (unpaired) electrons. The minimum absolute atomic E-state index is 0.189. The van der Waals surface area contributed by atoms with Gasteiger partial charge in [-0.1, -0.05) is 0 Å². The van der Waals surface area contributed by atoms with Crippen LogP contribution in [0.2, 0.25) is 0 Å². The number of anilines is 2. The Morgan fingerprint density at radius 3 is 2.65 bits per heavy atom. The third-order valence-electron chi connectivity index (χ3n) is 3.60. The van der Waals surface area contributed by atoms with E-state index in [1.807, 2.05) is 6.07 Å². The van der Waals surface area contributed by atoms with E-state index in [1.54, 1.807) is 12.1 Å². The fraction of sp³-hybridized carbons (Fsp3) is 0.500. The molecular formula is C14H21N3O3. The molecule has 1 heterocycles. The number of nitrogens with zero attached hydrogens (tertiary/aromatic N) is 2. The van der Waals surface area contributed by atoms with Crippen molar-refractivity contribution in [2.75, 3.05) is 57.1 Å². The van der Waals surface area contributed by atoms with Crippen molar-refractivity contribution >= 4 is 17.3 Å². The molecule has 1 aliphatic heterocycles. The first-order chi connectivity index (χ1) is 9.65. The number of piperazine rings is 1. The highest BCUT2D eigenvalue weighted by molar-refractivity contribution is 5.96. The summed E-state index contributed by atoms with van der Waals surface area (Å²) in [5, 5.41) is 8.94. The van der Waals surface area contributed by atoms with E-state index in [1.165, 1.54) is 7.11 Å². The third kappa shape index (κ3) is 3.20. The Kier molecular flexibility index (Phi) is 4.81. The fourth-order valence-corrected chi connectivity index (χ4v) is 2.40. The molecule has 1 saturated heterocycles. The topological polar surface area (TPSA) is 79.0 Å². The number of nitrogen functional groups attached to an aromatic ring is 1. The van der Waals surface area contributed by atoms with E-state index in [9.17, 15) is 4.79 Å². The van der Waals surface area contributed by atoms with Gasteiger partial charge in [0.15, 0.2) is 0 Å².